The lowest BCUT2D eigenvalue weighted by Gasteiger charge is -2.31. The van der Waals surface area contributed by atoms with Crippen LogP contribution in [0.5, 0.6) is 0 Å². The first-order valence-corrected chi connectivity index (χ1v) is 5.96. The van der Waals surface area contributed by atoms with Gasteiger partial charge in [0.2, 0.25) is 10.0 Å². The van der Waals surface area contributed by atoms with Crippen molar-refractivity contribution in [1.29, 1.82) is 0 Å². The quantitative estimate of drug-likeness (QED) is 0.617. The van der Waals surface area contributed by atoms with E-state index in [1.807, 2.05) is 0 Å². The van der Waals surface area contributed by atoms with Gasteiger partial charge in [0.05, 0.1) is 10.9 Å². The second kappa shape index (κ2) is 2.48. The third kappa shape index (κ3) is 1.03. The van der Waals surface area contributed by atoms with Gasteiger partial charge >= 0.3 is 0 Å². The van der Waals surface area contributed by atoms with Gasteiger partial charge in [0, 0.05) is 12.7 Å². The zero-order chi connectivity index (χ0) is 9.69. The average Bonchev–Trinajstić information content (AvgIpc) is 2.55. The molecule has 0 aromatic carbocycles. The molecule has 1 fully saturated rings. The summed E-state index contributed by atoms with van der Waals surface area (Å²) in [5.41, 5.74) is 5.93. The molecule has 0 aromatic heterocycles. The van der Waals surface area contributed by atoms with Crippen LogP contribution in [0, 0.1) is 0 Å². The Kier molecular flexibility index (Phi) is 1.72. The van der Waals surface area contributed by atoms with Gasteiger partial charge in [-0.1, -0.05) is 12.8 Å². The molecular weight excluding hydrogens is 188 g/mol. The molecule has 1 spiro atoms. The van der Waals surface area contributed by atoms with E-state index >= 15 is 0 Å². The Bertz CT molecular complexity index is 352. The minimum Gasteiger partial charge on any atom is -0.400 e. The van der Waals surface area contributed by atoms with Crippen LogP contribution in [0.15, 0.2) is 11.1 Å². The molecule has 2 rings (SSSR count). The Morgan fingerprint density at radius 2 is 2.00 bits per heavy atom. The molecule has 0 radical (unpaired) electrons. The Hall–Kier alpha value is -0.550. The molecule has 4 nitrogen and oxygen atoms in total. The molecule has 1 aliphatic carbocycles. The highest BCUT2D eigenvalue weighted by Gasteiger charge is 2.49. The van der Waals surface area contributed by atoms with Crippen molar-refractivity contribution in [3.05, 3.63) is 11.1 Å². The molecule has 0 unspecified atom stereocenters. The molecule has 1 saturated carbocycles. The summed E-state index contributed by atoms with van der Waals surface area (Å²) < 4.78 is 24.4. The molecule has 5 heteroatoms. The van der Waals surface area contributed by atoms with Crippen molar-refractivity contribution in [2.75, 3.05) is 7.05 Å². The Morgan fingerprint density at radius 1 is 1.46 bits per heavy atom. The number of hydrogen-bond acceptors (Lipinski definition) is 3. The molecule has 1 heterocycles. The highest BCUT2D eigenvalue weighted by molar-refractivity contribution is 7.92. The lowest BCUT2D eigenvalue weighted by Crippen LogP contribution is -2.45. The average molecular weight is 202 g/mol. The molecule has 2 aliphatic rings. The van der Waals surface area contributed by atoms with Crippen LogP contribution < -0.4 is 5.73 Å². The Labute approximate surface area is 78.5 Å². The second-order valence-electron chi connectivity index (χ2n) is 3.82. The van der Waals surface area contributed by atoms with E-state index in [0.29, 0.717) is 5.70 Å². The highest BCUT2D eigenvalue weighted by Crippen LogP contribution is 2.43. The van der Waals surface area contributed by atoms with Gasteiger partial charge in [-0.15, -0.1) is 0 Å². The first kappa shape index (κ1) is 9.02. The number of nitrogens with two attached hydrogens (primary N) is 1. The lowest BCUT2D eigenvalue weighted by atomic mass is 9.95. The van der Waals surface area contributed by atoms with Crippen LogP contribution in [0.4, 0.5) is 0 Å². The molecule has 74 valence electrons. The van der Waals surface area contributed by atoms with Gasteiger partial charge in [0.1, 0.15) is 0 Å². The molecule has 1 aliphatic heterocycles. The van der Waals surface area contributed by atoms with Crippen LogP contribution in [-0.4, -0.2) is 25.3 Å². The fourth-order valence-electron chi connectivity index (χ4n) is 2.34. The minimum atomic E-state index is -3.22. The van der Waals surface area contributed by atoms with Crippen LogP contribution in [0.3, 0.4) is 0 Å². The van der Waals surface area contributed by atoms with Crippen molar-refractivity contribution in [1.82, 2.24) is 4.31 Å². The molecule has 0 atom stereocenters. The van der Waals surface area contributed by atoms with E-state index in [1.165, 1.54) is 9.71 Å². The van der Waals surface area contributed by atoms with E-state index < -0.39 is 10.0 Å². The van der Waals surface area contributed by atoms with E-state index in [1.54, 1.807) is 7.05 Å². The van der Waals surface area contributed by atoms with Crippen molar-refractivity contribution in [2.45, 2.75) is 31.2 Å². The van der Waals surface area contributed by atoms with Crippen molar-refractivity contribution >= 4 is 10.0 Å². The molecule has 0 saturated heterocycles. The summed E-state index contributed by atoms with van der Waals surface area (Å²) in [6, 6.07) is 0. The molecule has 0 bridgehead atoms. The smallest absolute Gasteiger partial charge is 0.238 e. The summed E-state index contributed by atoms with van der Waals surface area (Å²) in [7, 11) is -1.60. The summed E-state index contributed by atoms with van der Waals surface area (Å²) in [4.78, 5) is 0. The summed E-state index contributed by atoms with van der Waals surface area (Å²) >= 11 is 0. The van der Waals surface area contributed by atoms with Gasteiger partial charge in [-0.3, -0.25) is 0 Å². The van der Waals surface area contributed by atoms with Gasteiger partial charge < -0.3 is 5.73 Å². The van der Waals surface area contributed by atoms with Crippen molar-refractivity contribution in [2.24, 2.45) is 5.73 Å². The van der Waals surface area contributed by atoms with E-state index in [9.17, 15) is 8.42 Å². The standard InChI is InChI=1S/C8H14N2O2S/c1-10-8(4-2-3-5-8)7(9)6-13(10,11)12/h6H,2-5,9H2,1H3. The predicted octanol–water partition coefficient (Wildman–Crippen LogP) is 0.375. The summed E-state index contributed by atoms with van der Waals surface area (Å²) in [6.45, 7) is 0. The molecule has 0 aromatic rings. The zero-order valence-electron chi connectivity index (χ0n) is 7.66. The fraction of sp³-hybridized carbons (Fsp3) is 0.750. The van der Waals surface area contributed by atoms with E-state index in [2.05, 4.69) is 0 Å². The third-order valence-electron chi connectivity index (χ3n) is 3.23. The maximum Gasteiger partial charge on any atom is 0.238 e. The fourth-order valence-corrected chi connectivity index (χ4v) is 3.81. The number of likely N-dealkylation sites (N-methyl/N-ethyl adjacent to an activating group) is 1. The van der Waals surface area contributed by atoms with Gasteiger partial charge in [-0.25, -0.2) is 8.42 Å². The molecular formula is C8H14N2O2S. The third-order valence-corrected chi connectivity index (χ3v) is 4.89. The monoisotopic (exact) mass is 202 g/mol. The van der Waals surface area contributed by atoms with Crippen molar-refractivity contribution < 1.29 is 8.42 Å². The Balaban J connectivity index is 2.48. The van der Waals surface area contributed by atoms with Gasteiger partial charge in [-0.2, -0.15) is 4.31 Å². The number of rotatable bonds is 0. The first-order valence-electron chi connectivity index (χ1n) is 4.46. The van der Waals surface area contributed by atoms with Crippen LogP contribution in [0.25, 0.3) is 0 Å². The SMILES string of the molecule is CN1C2(CCCC2)C(N)=CS1(=O)=O. The maximum atomic E-state index is 11.5. The maximum absolute atomic E-state index is 11.5. The Morgan fingerprint density at radius 3 is 2.38 bits per heavy atom. The summed E-state index contributed by atoms with van der Waals surface area (Å²) in [5, 5.41) is 1.21. The van der Waals surface area contributed by atoms with E-state index in [-0.39, 0.29) is 5.54 Å². The topological polar surface area (TPSA) is 63.4 Å². The normalized spacial score (nSPS) is 31.0. The molecule has 2 N–H and O–H groups in total. The summed E-state index contributed by atoms with van der Waals surface area (Å²) in [5.74, 6) is 0. The van der Waals surface area contributed by atoms with Crippen LogP contribution >= 0.6 is 0 Å². The van der Waals surface area contributed by atoms with Crippen molar-refractivity contribution in [3.63, 3.8) is 0 Å². The second-order valence-corrected chi connectivity index (χ2v) is 5.64. The van der Waals surface area contributed by atoms with Gasteiger partial charge in [0.15, 0.2) is 0 Å². The van der Waals surface area contributed by atoms with Gasteiger partial charge in [-0.05, 0) is 12.8 Å². The van der Waals surface area contributed by atoms with Crippen LogP contribution in [-0.2, 0) is 10.0 Å². The highest BCUT2D eigenvalue weighted by atomic mass is 32.2. The lowest BCUT2D eigenvalue weighted by molar-refractivity contribution is 0.279. The largest absolute Gasteiger partial charge is 0.400 e. The van der Waals surface area contributed by atoms with Gasteiger partial charge in [0.25, 0.3) is 0 Å². The molecule has 0 amide bonds. The number of nitrogens with zero attached hydrogens (tertiary/aromatic N) is 1. The molecule has 13 heavy (non-hydrogen) atoms. The summed E-state index contributed by atoms with van der Waals surface area (Å²) in [6.07, 6.45) is 3.86. The predicted molar refractivity (Wildman–Crippen MR) is 50.2 cm³/mol. The van der Waals surface area contributed by atoms with Crippen LogP contribution in [0.2, 0.25) is 0 Å². The first-order chi connectivity index (χ1) is 5.99. The van der Waals surface area contributed by atoms with E-state index in [0.717, 1.165) is 25.7 Å². The minimum absolute atomic E-state index is 0.376. The van der Waals surface area contributed by atoms with Crippen LogP contribution in [0.1, 0.15) is 25.7 Å². The number of hydrogen-bond donors (Lipinski definition) is 1. The number of sulfonamides is 1. The van der Waals surface area contributed by atoms with Crippen molar-refractivity contribution in [3.8, 4) is 0 Å². The zero-order valence-corrected chi connectivity index (χ0v) is 8.47. The van der Waals surface area contributed by atoms with E-state index in [4.69, 9.17) is 5.73 Å².